The van der Waals surface area contributed by atoms with Crippen LogP contribution in [0.4, 0.5) is 13.2 Å². The Morgan fingerprint density at radius 3 is 2.46 bits per heavy atom. The molecule has 222 valence electrons. The van der Waals surface area contributed by atoms with Crippen molar-refractivity contribution in [1.29, 1.82) is 0 Å². The normalized spacial score (nSPS) is 18.5. The number of hydrogen-bond acceptors (Lipinski definition) is 6. The van der Waals surface area contributed by atoms with Crippen LogP contribution in [0.15, 0.2) is 48.7 Å². The first kappa shape index (κ1) is 29.4. The van der Waals surface area contributed by atoms with Gasteiger partial charge >= 0.3 is 6.36 Å². The van der Waals surface area contributed by atoms with Crippen LogP contribution in [0.1, 0.15) is 24.8 Å². The zero-order chi connectivity index (χ0) is 29.0. The number of nitrogens with zero attached hydrogens (tertiary/aromatic N) is 3. The number of benzene rings is 2. The Bertz CT molecular complexity index is 1330. The van der Waals surface area contributed by atoms with Crippen LogP contribution in [-0.4, -0.2) is 85.0 Å². The standard InChI is InChI=1S/C30H39F3N6O2/c1-37-15-17-38(18-16-37)20-22-3-8-27-25(19-22)26(23-4-6-24(7-5-23)41-30(31,32)33)21-39(27)14-2-11-36-28(40)29(34)9-12-35-13-10-29/h3-8,19,21,35H,2,9-18,20,34H2,1H3,(H,36,40). The number of hydrogen-bond donors (Lipinski definition) is 3. The van der Waals surface area contributed by atoms with Crippen LogP contribution >= 0.6 is 0 Å². The lowest BCUT2D eigenvalue weighted by atomic mass is 9.88. The van der Waals surface area contributed by atoms with Crippen LogP contribution in [0.3, 0.4) is 0 Å². The minimum absolute atomic E-state index is 0.105. The van der Waals surface area contributed by atoms with Crippen molar-refractivity contribution < 1.29 is 22.7 Å². The van der Waals surface area contributed by atoms with Crippen molar-refractivity contribution in [3.63, 3.8) is 0 Å². The lowest BCUT2D eigenvalue weighted by molar-refractivity contribution is -0.274. The minimum atomic E-state index is -4.73. The molecule has 2 aromatic carbocycles. The molecule has 2 saturated heterocycles. The Morgan fingerprint density at radius 2 is 1.78 bits per heavy atom. The Balaban J connectivity index is 1.34. The van der Waals surface area contributed by atoms with E-state index in [-0.39, 0.29) is 11.7 Å². The number of fused-ring (bicyclic) bond motifs is 1. The highest BCUT2D eigenvalue weighted by atomic mass is 19.4. The highest BCUT2D eigenvalue weighted by molar-refractivity contribution is 5.96. The number of halogens is 3. The smallest absolute Gasteiger partial charge is 0.406 e. The second-order valence-electron chi connectivity index (χ2n) is 11.3. The molecule has 1 amide bonds. The number of amides is 1. The zero-order valence-corrected chi connectivity index (χ0v) is 23.5. The van der Waals surface area contributed by atoms with Crippen molar-refractivity contribution >= 4 is 16.8 Å². The molecule has 3 heterocycles. The average molecular weight is 573 g/mol. The summed E-state index contributed by atoms with van der Waals surface area (Å²) < 4.78 is 44.3. The summed E-state index contributed by atoms with van der Waals surface area (Å²) in [6, 6.07) is 12.5. The maximum absolute atomic E-state index is 12.7. The molecular formula is C30H39F3N6O2. The third-order valence-electron chi connectivity index (χ3n) is 8.16. The molecule has 0 bridgehead atoms. The van der Waals surface area contributed by atoms with E-state index >= 15 is 0 Å². The van der Waals surface area contributed by atoms with Crippen LogP contribution < -0.4 is 21.1 Å². The minimum Gasteiger partial charge on any atom is -0.406 e. The summed E-state index contributed by atoms with van der Waals surface area (Å²) in [6.07, 6.45) is -0.738. The van der Waals surface area contributed by atoms with Gasteiger partial charge < -0.3 is 30.6 Å². The van der Waals surface area contributed by atoms with Crippen molar-refractivity contribution in [1.82, 2.24) is 25.0 Å². The van der Waals surface area contributed by atoms with E-state index in [1.54, 1.807) is 12.1 Å². The van der Waals surface area contributed by atoms with E-state index in [9.17, 15) is 18.0 Å². The number of aromatic nitrogens is 1. The molecule has 3 aromatic rings. The fourth-order valence-corrected chi connectivity index (χ4v) is 5.69. The topological polar surface area (TPSA) is 87.8 Å². The molecule has 0 atom stereocenters. The van der Waals surface area contributed by atoms with E-state index in [1.807, 2.05) is 6.20 Å². The molecule has 41 heavy (non-hydrogen) atoms. The van der Waals surface area contributed by atoms with Gasteiger partial charge in [0.05, 0.1) is 5.54 Å². The summed E-state index contributed by atoms with van der Waals surface area (Å²) in [5, 5.41) is 7.29. The molecule has 2 fully saturated rings. The van der Waals surface area contributed by atoms with Gasteiger partial charge in [0.25, 0.3) is 0 Å². The predicted molar refractivity (Wildman–Crippen MR) is 153 cm³/mol. The summed E-state index contributed by atoms with van der Waals surface area (Å²) >= 11 is 0. The molecule has 0 saturated carbocycles. The molecule has 0 unspecified atom stereocenters. The molecule has 2 aliphatic heterocycles. The Kier molecular flexibility index (Phi) is 8.88. The fourth-order valence-electron chi connectivity index (χ4n) is 5.69. The molecule has 1 aromatic heterocycles. The second kappa shape index (κ2) is 12.4. The molecule has 5 rings (SSSR count). The van der Waals surface area contributed by atoms with Gasteiger partial charge in [-0.25, -0.2) is 0 Å². The van der Waals surface area contributed by atoms with Gasteiger partial charge in [0.15, 0.2) is 0 Å². The first-order chi connectivity index (χ1) is 19.6. The number of nitrogens with two attached hydrogens (primary N) is 1. The highest BCUT2D eigenvalue weighted by Gasteiger charge is 2.35. The van der Waals surface area contributed by atoms with Gasteiger partial charge in [-0.3, -0.25) is 9.69 Å². The van der Waals surface area contributed by atoms with Crippen molar-refractivity contribution in [3.8, 4) is 16.9 Å². The van der Waals surface area contributed by atoms with Gasteiger partial charge in [-0.2, -0.15) is 0 Å². The second-order valence-corrected chi connectivity index (χ2v) is 11.3. The summed E-state index contributed by atoms with van der Waals surface area (Å²) in [5.74, 6) is -0.352. The number of carbonyl (C=O) groups is 1. The van der Waals surface area contributed by atoms with E-state index in [2.05, 4.69) is 55.0 Å². The van der Waals surface area contributed by atoms with Crippen LogP contribution in [-0.2, 0) is 17.9 Å². The summed E-state index contributed by atoms with van der Waals surface area (Å²) in [4.78, 5) is 17.5. The SMILES string of the molecule is CN1CCN(Cc2ccc3c(c2)c(-c2ccc(OC(F)(F)F)cc2)cn3CCCNC(=O)C2(N)CCNCC2)CC1. The third kappa shape index (κ3) is 7.40. The van der Waals surface area contributed by atoms with Crippen LogP contribution in [0, 0.1) is 0 Å². The number of nitrogens with one attached hydrogen (secondary N) is 2. The van der Waals surface area contributed by atoms with E-state index in [0.717, 1.165) is 67.8 Å². The lowest BCUT2D eigenvalue weighted by Crippen LogP contribution is -2.59. The Labute approximate surface area is 238 Å². The number of ether oxygens (including phenoxy) is 1. The summed E-state index contributed by atoms with van der Waals surface area (Å²) in [7, 11) is 2.14. The summed E-state index contributed by atoms with van der Waals surface area (Å²) in [5.41, 5.74) is 9.50. The van der Waals surface area contributed by atoms with E-state index < -0.39 is 11.9 Å². The number of carbonyl (C=O) groups excluding carboxylic acids is 1. The van der Waals surface area contributed by atoms with Gasteiger partial charge in [0, 0.05) is 68.5 Å². The third-order valence-corrected chi connectivity index (χ3v) is 8.16. The number of alkyl halides is 3. The summed E-state index contributed by atoms with van der Waals surface area (Å²) in [6.45, 7) is 7.59. The number of aryl methyl sites for hydroxylation is 1. The van der Waals surface area contributed by atoms with E-state index in [0.29, 0.717) is 32.4 Å². The maximum Gasteiger partial charge on any atom is 0.573 e. The van der Waals surface area contributed by atoms with Gasteiger partial charge in [-0.15, -0.1) is 13.2 Å². The van der Waals surface area contributed by atoms with Gasteiger partial charge in [0.2, 0.25) is 5.91 Å². The van der Waals surface area contributed by atoms with Crippen molar-refractivity contribution in [2.24, 2.45) is 5.73 Å². The quantitative estimate of drug-likeness (QED) is 0.340. The highest BCUT2D eigenvalue weighted by Crippen LogP contribution is 2.34. The van der Waals surface area contributed by atoms with E-state index in [4.69, 9.17) is 5.73 Å². The van der Waals surface area contributed by atoms with Crippen LogP contribution in [0.5, 0.6) is 5.75 Å². The van der Waals surface area contributed by atoms with Gasteiger partial charge in [0.1, 0.15) is 5.75 Å². The molecule has 0 spiro atoms. The van der Waals surface area contributed by atoms with Crippen molar-refractivity contribution in [2.75, 3.05) is 52.9 Å². The monoisotopic (exact) mass is 572 g/mol. The van der Waals surface area contributed by atoms with Gasteiger partial charge in [-0.05, 0) is 74.8 Å². The molecule has 8 nitrogen and oxygen atoms in total. The number of rotatable bonds is 9. The molecule has 2 aliphatic rings. The zero-order valence-electron chi connectivity index (χ0n) is 23.5. The first-order valence-electron chi connectivity index (χ1n) is 14.3. The Morgan fingerprint density at radius 1 is 1.07 bits per heavy atom. The predicted octanol–water partition coefficient (Wildman–Crippen LogP) is 3.54. The first-order valence-corrected chi connectivity index (χ1v) is 14.3. The number of piperazine rings is 1. The van der Waals surface area contributed by atoms with Crippen molar-refractivity contribution in [2.45, 2.75) is 44.3 Å². The number of piperidine rings is 1. The largest absolute Gasteiger partial charge is 0.573 e. The van der Waals surface area contributed by atoms with E-state index in [1.165, 1.54) is 17.7 Å². The maximum atomic E-state index is 12.7. The van der Waals surface area contributed by atoms with Crippen LogP contribution in [0.2, 0.25) is 0 Å². The van der Waals surface area contributed by atoms with Gasteiger partial charge in [-0.1, -0.05) is 18.2 Å². The van der Waals surface area contributed by atoms with Crippen molar-refractivity contribution in [3.05, 3.63) is 54.2 Å². The molecule has 0 aliphatic carbocycles. The van der Waals surface area contributed by atoms with Crippen LogP contribution in [0.25, 0.3) is 22.0 Å². The molecule has 11 heteroatoms. The average Bonchev–Trinajstić information content (AvgIpc) is 3.30. The number of likely N-dealkylation sites (N-methyl/N-ethyl adjacent to an activating group) is 1. The molecular weight excluding hydrogens is 533 g/mol. The fraction of sp³-hybridized carbons (Fsp3) is 0.500. The lowest BCUT2D eigenvalue weighted by Gasteiger charge is -2.32. The molecule has 4 N–H and O–H groups in total. The molecule has 0 radical (unpaired) electrons. The Hall–Kier alpha value is -3.12.